The lowest BCUT2D eigenvalue weighted by molar-refractivity contribution is 0.131. The second-order valence-corrected chi connectivity index (χ2v) is 12.9. The van der Waals surface area contributed by atoms with Gasteiger partial charge in [0.15, 0.2) is 5.58 Å². The van der Waals surface area contributed by atoms with Crippen LogP contribution in [0.5, 0.6) is 11.5 Å². The average molecular weight is 648 g/mol. The van der Waals surface area contributed by atoms with Gasteiger partial charge in [-0.1, -0.05) is 23.8 Å². The number of benzene rings is 2. The van der Waals surface area contributed by atoms with Crippen molar-refractivity contribution in [3.05, 3.63) is 90.3 Å². The highest BCUT2D eigenvalue weighted by atomic mass is 32.1. The summed E-state index contributed by atoms with van der Waals surface area (Å²) < 4.78 is 13.2. The minimum Gasteiger partial charge on any atom is -0.456 e. The molecule has 240 valence electrons. The standard InChI is InChI=1S/C36H37N7O3S/c1-4-37-36(44)42(3)26-14-17-43(18-15-26)22-24-7-11-28(39-21-24)33-20-30-34(47-33)32(13-16-38-30)45-27-10-12-31-29(19-27)41-35(46-31)40-25-8-5-23(2)6-9-25/h5-13,16,19-21,26H,4,14-15,17-18,22H2,1-3H3,(H,37,44)(H,40,41). The summed E-state index contributed by atoms with van der Waals surface area (Å²) in [6, 6.07) is 22.6. The number of pyridine rings is 2. The summed E-state index contributed by atoms with van der Waals surface area (Å²) >= 11 is 1.61. The van der Waals surface area contributed by atoms with Crippen molar-refractivity contribution in [3.8, 4) is 22.1 Å². The van der Waals surface area contributed by atoms with Crippen molar-refractivity contribution in [1.82, 2.24) is 30.1 Å². The number of nitrogens with zero attached hydrogens (tertiary/aromatic N) is 5. The first-order valence-corrected chi connectivity index (χ1v) is 16.7. The van der Waals surface area contributed by atoms with E-state index in [1.165, 1.54) is 11.1 Å². The summed E-state index contributed by atoms with van der Waals surface area (Å²) in [6.07, 6.45) is 5.67. The molecule has 0 unspecified atom stereocenters. The summed E-state index contributed by atoms with van der Waals surface area (Å²) in [5.74, 6) is 1.39. The zero-order valence-corrected chi connectivity index (χ0v) is 27.5. The summed E-state index contributed by atoms with van der Waals surface area (Å²) in [4.78, 5) is 31.5. The van der Waals surface area contributed by atoms with E-state index in [4.69, 9.17) is 14.1 Å². The number of urea groups is 1. The number of carbonyl (C=O) groups excluding carboxylic acids is 1. The number of ether oxygens (including phenoxy) is 1. The van der Waals surface area contributed by atoms with E-state index >= 15 is 0 Å². The number of thiophene rings is 1. The van der Waals surface area contributed by atoms with Crippen molar-refractivity contribution in [2.24, 2.45) is 0 Å². The maximum Gasteiger partial charge on any atom is 0.317 e. The monoisotopic (exact) mass is 647 g/mol. The van der Waals surface area contributed by atoms with Crippen LogP contribution < -0.4 is 15.4 Å². The third-order valence-electron chi connectivity index (χ3n) is 8.50. The Hall–Kier alpha value is -5.00. The molecule has 0 saturated carbocycles. The Balaban J connectivity index is 1.00. The second kappa shape index (κ2) is 13.4. The number of rotatable bonds is 9. The molecule has 6 aromatic rings. The Morgan fingerprint density at radius 3 is 2.64 bits per heavy atom. The quantitative estimate of drug-likeness (QED) is 0.163. The largest absolute Gasteiger partial charge is 0.456 e. The summed E-state index contributed by atoms with van der Waals surface area (Å²) in [5, 5.41) is 6.12. The zero-order chi connectivity index (χ0) is 32.3. The van der Waals surface area contributed by atoms with Gasteiger partial charge >= 0.3 is 6.03 Å². The van der Waals surface area contributed by atoms with Gasteiger partial charge in [-0.2, -0.15) is 4.98 Å². The fourth-order valence-corrected chi connectivity index (χ4v) is 6.90. The van der Waals surface area contributed by atoms with Crippen LogP contribution in [0, 0.1) is 6.92 Å². The van der Waals surface area contributed by atoms with Crippen LogP contribution in [0.4, 0.5) is 16.5 Å². The van der Waals surface area contributed by atoms with E-state index in [0.29, 0.717) is 29.4 Å². The molecule has 7 rings (SSSR count). The van der Waals surface area contributed by atoms with Crippen LogP contribution in [0.15, 0.2) is 83.5 Å². The molecule has 0 atom stereocenters. The zero-order valence-electron chi connectivity index (χ0n) is 26.7. The molecule has 2 amide bonds. The SMILES string of the molecule is CCNC(=O)N(C)C1CCN(Cc2ccc(-c3cc4nccc(Oc5ccc6oc(Nc7ccc(C)cc7)nc6c5)c4s3)nc2)CC1. The molecule has 1 saturated heterocycles. The minimum absolute atomic E-state index is 0.00924. The third-order valence-corrected chi connectivity index (χ3v) is 9.66. The van der Waals surface area contributed by atoms with Crippen LogP contribution in [0.2, 0.25) is 0 Å². The fourth-order valence-electron chi connectivity index (χ4n) is 5.86. The Morgan fingerprint density at radius 1 is 1.04 bits per heavy atom. The van der Waals surface area contributed by atoms with Crippen molar-refractivity contribution in [2.75, 3.05) is 32.0 Å². The lowest BCUT2D eigenvalue weighted by Gasteiger charge is -2.36. The Bertz CT molecular complexity index is 2000. The number of aromatic nitrogens is 3. The number of hydrogen-bond donors (Lipinski definition) is 2. The number of amides is 2. The number of oxazole rings is 1. The minimum atomic E-state index is 0.00924. The molecule has 1 aliphatic rings. The molecule has 1 fully saturated rings. The number of carbonyl (C=O) groups is 1. The van der Waals surface area contributed by atoms with Gasteiger partial charge in [-0.05, 0) is 68.7 Å². The van der Waals surface area contributed by atoms with Crippen LogP contribution in [-0.2, 0) is 6.54 Å². The maximum atomic E-state index is 12.2. The predicted octanol–water partition coefficient (Wildman–Crippen LogP) is 7.97. The number of hydrogen-bond acceptors (Lipinski definition) is 9. The first-order chi connectivity index (χ1) is 22.9. The highest BCUT2D eigenvalue weighted by Gasteiger charge is 2.25. The molecule has 2 aromatic carbocycles. The van der Waals surface area contributed by atoms with E-state index in [-0.39, 0.29) is 12.1 Å². The van der Waals surface area contributed by atoms with Crippen LogP contribution in [-0.4, -0.2) is 63.5 Å². The van der Waals surface area contributed by atoms with Gasteiger partial charge in [0.1, 0.15) is 17.0 Å². The van der Waals surface area contributed by atoms with Crippen molar-refractivity contribution in [2.45, 2.75) is 39.3 Å². The molecule has 11 heteroatoms. The van der Waals surface area contributed by atoms with Crippen molar-refractivity contribution < 1.29 is 13.9 Å². The van der Waals surface area contributed by atoms with E-state index in [1.54, 1.807) is 17.5 Å². The van der Waals surface area contributed by atoms with Crippen molar-refractivity contribution in [3.63, 3.8) is 0 Å². The van der Waals surface area contributed by atoms with Crippen molar-refractivity contribution in [1.29, 1.82) is 0 Å². The van der Waals surface area contributed by atoms with Crippen LogP contribution in [0.1, 0.15) is 30.9 Å². The highest BCUT2D eigenvalue weighted by molar-refractivity contribution is 7.22. The molecule has 5 heterocycles. The van der Waals surface area contributed by atoms with Gasteiger partial charge in [-0.25, -0.2) is 4.79 Å². The molecule has 0 spiro atoms. The molecule has 0 aliphatic carbocycles. The summed E-state index contributed by atoms with van der Waals surface area (Å²) in [6.45, 7) is 7.40. The van der Waals surface area contributed by atoms with E-state index in [0.717, 1.165) is 64.7 Å². The number of fused-ring (bicyclic) bond motifs is 2. The highest BCUT2D eigenvalue weighted by Crippen LogP contribution is 2.39. The molecule has 0 radical (unpaired) electrons. The van der Waals surface area contributed by atoms with Gasteiger partial charge in [0.05, 0.1) is 20.8 Å². The van der Waals surface area contributed by atoms with Gasteiger partial charge in [0, 0.05) is 69.5 Å². The topological polar surface area (TPSA) is 109 Å². The number of piperidine rings is 1. The third kappa shape index (κ3) is 6.91. The number of likely N-dealkylation sites (tertiary alicyclic amines) is 1. The molecule has 0 bridgehead atoms. The molecule has 1 aliphatic heterocycles. The normalized spacial score (nSPS) is 14.0. The van der Waals surface area contributed by atoms with E-state index in [9.17, 15) is 4.79 Å². The van der Waals surface area contributed by atoms with Crippen LogP contribution in [0.3, 0.4) is 0 Å². The van der Waals surface area contributed by atoms with Gasteiger partial charge in [-0.3, -0.25) is 14.9 Å². The van der Waals surface area contributed by atoms with Crippen LogP contribution >= 0.6 is 11.3 Å². The lowest BCUT2D eigenvalue weighted by atomic mass is 10.0. The van der Waals surface area contributed by atoms with Gasteiger partial charge < -0.3 is 24.7 Å². The molecule has 47 heavy (non-hydrogen) atoms. The smallest absolute Gasteiger partial charge is 0.317 e. The molecular formula is C36H37N7O3S. The summed E-state index contributed by atoms with van der Waals surface area (Å²) in [5.41, 5.74) is 6.42. The Kier molecular flexibility index (Phi) is 8.73. The van der Waals surface area contributed by atoms with Crippen molar-refractivity contribution >= 4 is 50.4 Å². The van der Waals surface area contributed by atoms with Crippen LogP contribution in [0.25, 0.3) is 31.9 Å². The molecule has 4 aromatic heterocycles. The maximum absolute atomic E-state index is 12.2. The second-order valence-electron chi connectivity index (χ2n) is 11.9. The predicted molar refractivity (Wildman–Crippen MR) is 187 cm³/mol. The number of anilines is 2. The summed E-state index contributed by atoms with van der Waals surface area (Å²) in [7, 11) is 1.89. The van der Waals surface area contributed by atoms with Gasteiger partial charge in [0.25, 0.3) is 6.01 Å². The molecular weight excluding hydrogens is 611 g/mol. The van der Waals surface area contributed by atoms with E-state index in [2.05, 4.69) is 50.6 Å². The number of aryl methyl sites for hydroxylation is 1. The fraction of sp³-hybridized carbons (Fsp3) is 0.278. The van der Waals surface area contributed by atoms with E-state index in [1.807, 2.05) is 73.6 Å². The van der Waals surface area contributed by atoms with E-state index < -0.39 is 0 Å². The van der Waals surface area contributed by atoms with Gasteiger partial charge in [0.2, 0.25) is 0 Å². The number of nitrogens with one attached hydrogen (secondary N) is 2. The average Bonchev–Trinajstić information content (AvgIpc) is 3.71. The van der Waals surface area contributed by atoms with Gasteiger partial charge in [-0.15, -0.1) is 11.3 Å². The first kappa shape index (κ1) is 30.6. The lowest BCUT2D eigenvalue weighted by Crippen LogP contribution is -2.48. The molecule has 2 N–H and O–H groups in total. The first-order valence-electron chi connectivity index (χ1n) is 15.9. The Labute approximate surface area is 277 Å². The molecule has 10 nitrogen and oxygen atoms in total. The Morgan fingerprint density at radius 2 is 1.87 bits per heavy atom.